The first-order chi connectivity index (χ1) is 13.5. The zero-order valence-corrected chi connectivity index (χ0v) is 15.9. The molecule has 0 aliphatic carbocycles. The molecular weight excluding hydrogens is 363 g/mol. The standard InChI is InChI=1S/C21H21FN2O4/c1-14(17-9-4-5-10-19(17)26-3)24(2)21(25)18-12-28-20(23-18)13-27-16-8-6-7-15(22)11-16/h4-12,14H,13H2,1-3H3. The van der Waals surface area contributed by atoms with Crippen molar-refractivity contribution in [3.63, 3.8) is 0 Å². The molecule has 0 aliphatic heterocycles. The molecule has 1 aromatic heterocycles. The van der Waals surface area contributed by atoms with Gasteiger partial charge in [-0.2, -0.15) is 0 Å². The quantitative estimate of drug-likeness (QED) is 0.610. The summed E-state index contributed by atoms with van der Waals surface area (Å²) in [4.78, 5) is 18.5. The fourth-order valence-electron chi connectivity index (χ4n) is 2.75. The molecule has 0 bridgehead atoms. The van der Waals surface area contributed by atoms with Gasteiger partial charge in [0.1, 0.15) is 23.6 Å². The average Bonchev–Trinajstić information content (AvgIpc) is 3.19. The fraction of sp³-hybridized carbons (Fsp3) is 0.238. The highest BCUT2D eigenvalue weighted by Gasteiger charge is 2.24. The third-order valence-electron chi connectivity index (χ3n) is 4.42. The Kier molecular flexibility index (Phi) is 5.93. The van der Waals surface area contributed by atoms with Crippen molar-refractivity contribution in [2.24, 2.45) is 0 Å². The van der Waals surface area contributed by atoms with Crippen LogP contribution in [-0.2, 0) is 6.61 Å². The van der Waals surface area contributed by atoms with Crippen LogP contribution in [0.4, 0.5) is 4.39 Å². The van der Waals surface area contributed by atoms with Crippen LogP contribution in [0.3, 0.4) is 0 Å². The van der Waals surface area contributed by atoms with Crippen LogP contribution in [-0.4, -0.2) is 29.9 Å². The molecule has 2 aromatic carbocycles. The molecular formula is C21H21FN2O4. The van der Waals surface area contributed by atoms with Gasteiger partial charge in [-0.15, -0.1) is 0 Å². The second kappa shape index (κ2) is 8.56. The number of carbonyl (C=O) groups is 1. The number of rotatable bonds is 7. The Balaban J connectivity index is 1.67. The summed E-state index contributed by atoms with van der Waals surface area (Å²) in [5.41, 5.74) is 1.06. The molecule has 7 heteroatoms. The molecule has 0 aliphatic rings. The number of amides is 1. The minimum atomic E-state index is -0.396. The largest absolute Gasteiger partial charge is 0.496 e. The first-order valence-corrected chi connectivity index (χ1v) is 8.72. The van der Waals surface area contributed by atoms with Gasteiger partial charge in [0, 0.05) is 18.7 Å². The summed E-state index contributed by atoms with van der Waals surface area (Å²) >= 11 is 0. The number of aromatic nitrogens is 1. The van der Waals surface area contributed by atoms with E-state index >= 15 is 0 Å². The van der Waals surface area contributed by atoms with Crippen molar-refractivity contribution in [2.75, 3.05) is 14.2 Å². The number of methoxy groups -OCH3 is 1. The molecule has 1 heterocycles. The summed E-state index contributed by atoms with van der Waals surface area (Å²) in [7, 11) is 3.28. The van der Waals surface area contributed by atoms with Crippen molar-refractivity contribution in [1.82, 2.24) is 9.88 Å². The van der Waals surface area contributed by atoms with Gasteiger partial charge in [-0.3, -0.25) is 4.79 Å². The number of nitrogens with zero attached hydrogens (tertiary/aromatic N) is 2. The van der Waals surface area contributed by atoms with Crippen molar-refractivity contribution in [3.8, 4) is 11.5 Å². The normalized spacial score (nSPS) is 11.7. The number of ether oxygens (including phenoxy) is 2. The van der Waals surface area contributed by atoms with Gasteiger partial charge in [-0.25, -0.2) is 9.37 Å². The van der Waals surface area contributed by atoms with E-state index in [1.54, 1.807) is 31.2 Å². The van der Waals surface area contributed by atoms with E-state index in [4.69, 9.17) is 13.9 Å². The first-order valence-electron chi connectivity index (χ1n) is 8.72. The lowest BCUT2D eigenvalue weighted by molar-refractivity contribution is 0.0735. The summed E-state index contributed by atoms with van der Waals surface area (Å²) in [6.07, 6.45) is 1.29. The number of halogens is 1. The summed E-state index contributed by atoms with van der Waals surface area (Å²) in [6, 6.07) is 13.1. The van der Waals surface area contributed by atoms with Crippen LogP contribution in [0.2, 0.25) is 0 Å². The Hall–Kier alpha value is -3.35. The molecule has 6 nitrogen and oxygen atoms in total. The smallest absolute Gasteiger partial charge is 0.276 e. The predicted octanol–water partition coefficient (Wildman–Crippen LogP) is 4.23. The molecule has 0 saturated heterocycles. The van der Waals surface area contributed by atoms with Gasteiger partial charge in [0.2, 0.25) is 5.89 Å². The van der Waals surface area contributed by atoms with Crippen molar-refractivity contribution in [2.45, 2.75) is 19.6 Å². The third-order valence-corrected chi connectivity index (χ3v) is 4.42. The summed E-state index contributed by atoms with van der Waals surface area (Å²) < 4.78 is 29.3. The van der Waals surface area contributed by atoms with Gasteiger partial charge in [-0.05, 0) is 25.1 Å². The molecule has 0 radical (unpaired) electrons. The molecule has 0 N–H and O–H groups in total. The van der Waals surface area contributed by atoms with E-state index in [1.165, 1.54) is 18.4 Å². The summed E-state index contributed by atoms with van der Waals surface area (Å²) in [5.74, 6) is 0.602. The number of oxazole rings is 1. The van der Waals surface area contributed by atoms with Gasteiger partial charge in [-0.1, -0.05) is 24.3 Å². The van der Waals surface area contributed by atoms with Crippen LogP contribution in [0.25, 0.3) is 0 Å². The Morgan fingerprint density at radius 3 is 2.79 bits per heavy atom. The minimum Gasteiger partial charge on any atom is -0.496 e. The Morgan fingerprint density at radius 2 is 2.04 bits per heavy atom. The molecule has 0 saturated carbocycles. The molecule has 1 atom stereocenters. The Bertz CT molecular complexity index is 957. The maximum absolute atomic E-state index is 13.2. The van der Waals surface area contributed by atoms with E-state index in [2.05, 4.69) is 4.98 Å². The zero-order chi connectivity index (χ0) is 20.1. The highest BCUT2D eigenvalue weighted by Crippen LogP contribution is 2.28. The van der Waals surface area contributed by atoms with E-state index in [0.29, 0.717) is 11.5 Å². The maximum atomic E-state index is 13.2. The molecule has 0 fully saturated rings. The van der Waals surface area contributed by atoms with Crippen LogP contribution >= 0.6 is 0 Å². The monoisotopic (exact) mass is 384 g/mol. The van der Waals surface area contributed by atoms with Gasteiger partial charge in [0.25, 0.3) is 5.91 Å². The van der Waals surface area contributed by atoms with E-state index in [0.717, 1.165) is 5.56 Å². The van der Waals surface area contributed by atoms with Crippen LogP contribution in [0.5, 0.6) is 11.5 Å². The van der Waals surface area contributed by atoms with Crippen molar-refractivity contribution in [1.29, 1.82) is 0 Å². The lowest BCUT2D eigenvalue weighted by Gasteiger charge is -2.25. The molecule has 0 spiro atoms. The number of para-hydroxylation sites is 1. The topological polar surface area (TPSA) is 64.8 Å². The van der Waals surface area contributed by atoms with Crippen LogP contribution in [0.1, 0.15) is 34.9 Å². The maximum Gasteiger partial charge on any atom is 0.276 e. The Morgan fingerprint density at radius 1 is 1.25 bits per heavy atom. The molecule has 146 valence electrons. The summed E-state index contributed by atoms with van der Waals surface area (Å²) in [5, 5.41) is 0. The Labute approximate surface area is 162 Å². The highest BCUT2D eigenvalue weighted by molar-refractivity contribution is 5.92. The molecule has 3 rings (SSSR count). The minimum absolute atomic E-state index is 0.0114. The fourth-order valence-corrected chi connectivity index (χ4v) is 2.75. The zero-order valence-electron chi connectivity index (χ0n) is 15.9. The van der Waals surface area contributed by atoms with Crippen LogP contribution < -0.4 is 9.47 Å². The summed E-state index contributed by atoms with van der Waals surface area (Å²) in [6.45, 7) is 1.90. The average molecular weight is 384 g/mol. The van der Waals surface area contributed by atoms with E-state index in [-0.39, 0.29) is 30.1 Å². The molecule has 28 heavy (non-hydrogen) atoms. The second-order valence-corrected chi connectivity index (χ2v) is 6.21. The van der Waals surface area contributed by atoms with E-state index in [1.807, 2.05) is 31.2 Å². The predicted molar refractivity (Wildman–Crippen MR) is 101 cm³/mol. The van der Waals surface area contributed by atoms with Crippen LogP contribution in [0.15, 0.2) is 59.2 Å². The van der Waals surface area contributed by atoms with Gasteiger partial charge in [0.05, 0.1) is 13.2 Å². The second-order valence-electron chi connectivity index (χ2n) is 6.21. The third kappa shape index (κ3) is 4.31. The van der Waals surface area contributed by atoms with Gasteiger partial charge >= 0.3 is 0 Å². The van der Waals surface area contributed by atoms with Crippen molar-refractivity contribution in [3.05, 3.63) is 77.8 Å². The molecule has 1 unspecified atom stereocenters. The van der Waals surface area contributed by atoms with Crippen LogP contribution in [0, 0.1) is 5.82 Å². The highest BCUT2D eigenvalue weighted by atomic mass is 19.1. The lowest BCUT2D eigenvalue weighted by Crippen LogP contribution is -2.30. The van der Waals surface area contributed by atoms with E-state index < -0.39 is 5.82 Å². The SMILES string of the molecule is COc1ccccc1C(C)N(C)C(=O)c1coc(COc2cccc(F)c2)n1. The van der Waals surface area contributed by atoms with Crippen molar-refractivity contribution < 1.29 is 23.1 Å². The number of hydrogen-bond acceptors (Lipinski definition) is 5. The first kappa shape index (κ1) is 19.4. The number of hydrogen-bond donors (Lipinski definition) is 0. The molecule has 1 amide bonds. The number of benzene rings is 2. The van der Waals surface area contributed by atoms with Crippen molar-refractivity contribution >= 4 is 5.91 Å². The van der Waals surface area contributed by atoms with Gasteiger partial charge < -0.3 is 18.8 Å². The number of carbonyl (C=O) groups excluding carboxylic acids is 1. The van der Waals surface area contributed by atoms with E-state index in [9.17, 15) is 9.18 Å². The molecule has 3 aromatic rings. The van der Waals surface area contributed by atoms with Gasteiger partial charge in [0.15, 0.2) is 12.3 Å². The lowest BCUT2D eigenvalue weighted by atomic mass is 10.1.